The Kier molecular flexibility index (Phi) is 10.2. The van der Waals surface area contributed by atoms with Gasteiger partial charge in [-0.15, -0.1) is 0 Å². The van der Waals surface area contributed by atoms with E-state index in [4.69, 9.17) is 14.2 Å². The monoisotopic (exact) mass is 524 g/mol. The molecule has 0 bridgehead atoms. The highest BCUT2D eigenvalue weighted by Crippen LogP contribution is 2.42. The van der Waals surface area contributed by atoms with E-state index in [0.717, 1.165) is 13.1 Å². The summed E-state index contributed by atoms with van der Waals surface area (Å²) < 4.78 is 16.9. The van der Waals surface area contributed by atoms with Crippen molar-refractivity contribution in [3.63, 3.8) is 0 Å². The van der Waals surface area contributed by atoms with E-state index in [-0.39, 0.29) is 11.3 Å². The van der Waals surface area contributed by atoms with Gasteiger partial charge in [0.2, 0.25) is 0 Å². The van der Waals surface area contributed by atoms with Crippen molar-refractivity contribution in [1.29, 1.82) is 0 Å². The van der Waals surface area contributed by atoms with Gasteiger partial charge in [-0.25, -0.2) is 0 Å². The van der Waals surface area contributed by atoms with Gasteiger partial charge in [0, 0.05) is 18.7 Å². The van der Waals surface area contributed by atoms with Crippen LogP contribution >= 0.6 is 0 Å². The quantitative estimate of drug-likeness (QED) is 0.227. The number of methoxy groups -OCH3 is 1. The van der Waals surface area contributed by atoms with Crippen LogP contribution in [-0.2, 0) is 9.59 Å². The van der Waals surface area contributed by atoms with Crippen molar-refractivity contribution in [2.24, 2.45) is 5.92 Å². The minimum atomic E-state index is -0.771. The smallest absolute Gasteiger partial charge is 0.295 e. The number of aliphatic hydroxyl groups excluding tert-OH is 1. The number of hydrogen-bond acceptors (Lipinski definition) is 7. The molecular formula is C30H40N2O6. The van der Waals surface area contributed by atoms with Crippen molar-refractivity contribution in [2.75, 3.05) is 46.5 Å². The average molecular weight is 525 g/mol. The van der Waals surface area contributed by atoms with Gasteiger partial charge in [-0.3, -0.25) is 9.59 Å². The normalized spacial score (nSPS) is 16.9. The lowest BCUT2D eigenvalue weighted by atomic mass is 9.95. The number of aliphatic hydroxyl groups is 1. The number of ether oxygens (including phenoxy) is 3. The second-order valence-corrected chi connectivity index (χ2v) is 9.59. The van der Waals surface area contributed by atoms with Crippen molar-refractivity contribution in [3.05, 3.63) is 59.2 Å². The summed E-state index contributed by atoms with van der Waals surface area (Å²) >= 11 is 0. The largest absolute Gasteiger partial charge is 0.507 e. The molecule has 1 amide bonds. The van der Waals surface area contributed by atoms with Crippen LogP contribution in [0.2, 0.25) is 0 Å². The molecule has 1 heterocycles. The fourth-order valence-corrected chi connectivity index (χ4v) is 4.50. The Morgan fingerprint density at radius 3 is 2.26 bits per heavy atom. The molecular weight excluding hydrogens is 484 g/mol. The SMILES string of the molecule is CCOc1ccc(C2/C(=C(\O)c3ccc(OCC(C)C)cc3)C(=O)C(=O)N2CCN(CC)CC)cc1OC. The average Bonchev–Trinajstić information content (AvgIpc) is 3.17. The second kappa shape index (κ2) is 13.3. The first-order valence-electron chi connectivity index (χ1n) is 13.3. The number of ketones is 1. The Hall–Kier alpha value is -3.52. The Morgan fingerprint density at radius 1 is 1.00 bits per heavy atom. The molecule has 0 radical (unpaired) electrons. The van der Waals surface area contributed by atoms with Crippen LogP contribution in [0.4, 0.5) is 0 Å². The molecule has 206 valence electrons. The van der Waals surface area contributed by atoms with E-state index in [1.165, 1.54) is 0 Å². The summed E-state index contributed by atoms with van der Waals surface area (Å²) in [4.78, 5) is 30.4. The van der Waals surface area contributed by atoms with E-state index in [2.05, 4.69) is 32.6 Å². The van der Waals surface area contributed by atoms with E-state index >= 15 is 0 Å². The summed E-state index contributed by atoms with van der Waals surface area (Å²) in [6.45, 7) is 13.8. The number of hydrogen-bond donors (Lipinski definition) is 1. The highest BCUT2D eigenvalue weighted by molar-refractivity contribution is 6.46. The fraction of sp³-hybridized carbons (Fsp3) is 0.467. The van der Waals surface area contributed by atoms with Crippen molar-refractivity contribution in [1.82, 2.24) is 9.80 Å². The Labute approximate surface area is 225 Å². The lowest BCUT2D eigenvalue weighted by Gasteiger charge is -2.28. The molecule has 38 heavy (non-hydrogen) atoms. The zero-order chi connectivity index (χ0) is 27.8. The predicted molar refractivity (Wildman–Crippen MR) is 148 cm³/mol. The number of benzene rings is 2. The van der Waals surface area contributed by atoms with Gasteiger partial charge < -0.3 is 29.1 Å². The zero-order valence-corrected chi connectivity index (χ0v) is 23.3. The van der Waals surface area contributed by atoms with Gasteiger partial charge >= 0.3 is 0 Å². The van der Waals surface area contributed by atoms with Crippen LogP contribution in [0.25, 0.3) is 5.76 Å². The molecule has 0 saturated carbocycles. The lowest BCUT2D eigenvalue weighted by molar-refractivity contribution is -0.140. The minimum Gasteiger partial charge on any atom is -0.507 e. The molecule has 1 atom stereocenters. The number of amides is 1. The van der Waals surface area contributed by atoms with Crippen LogP contribution in [0.1, 0.15) is 51.8 Å². The summed E-state index contributed by atoms with van der Waals surface area (Å²) in [5.74, 6) is 0.542. The minimum absolute atomic E-state index is 0.0524. The molecule has 8 heteroatoms. The van der Waals surface area contributed by atoms with Crippen LogP contribution in [0.5, 0.6) is 17.2 Å². The highest BCUT2D eigenvalue weighted by atomic mass is 16.5. The van der Waals surface area contributed by atoms with Gasteiger partial charge in [0.15, 0.2) is 11.5 Å². The molecule has 1 fully saturated rings. The van der Waals surface area contributed by atoms with E-state index in [1.807, 2.05) is 13.0 Å². The summed E-state index contributed by atoms with van der Waals surface area (Å²) in [6, 6.07) is 11.5. The third-order valence-corrected chi connectivity index (χ3v) is 6.61. The van der Waals surface area contributed by atoms with E-state index in [9.17, 15) is 14.7 Å². The maximum atomic E-state index is 13.4. The lowest BCUT2D eigenvalue weighted by Crippen LogP contribution is -2.38. The number of rotatable bonds is 13. The van der Waals surface area contributed by atoms with Crippen molar-refractivity contribution in [3.8, 4) is 17.2 Å². The number of nitrogens with zero attached hydrogens (tertiary/aromatic N) is 2. The van der Waals surface area contributed by atoms with Crippen molar-refractivity contribution >= 4 is 17.4 Å². The third kappa shape index (κ3) is 6.48. The van der Waals surface area contributed by atoms with E-state index in [0.29, 0.717) is 60.6 Å². The number of Topliss-reactive ketones (excluding diaryl/α,β-unsaturated/α-hetero) is 1. The summed E-state index contributed by atoms with van der Waals surface area (Å²) in [7, 11) is 1.54. The molecule has 1 saturated heterocycles. The molecule has 0 aromatic heterocycles. The van der Waals surface area contributed by atoms with Gasteiger partial charge in [0.25, 0.3) is 11.7 Å². The summed E-state index contributed by atoms with van der Waals surface area (Å²) in [5.41, 5.74) is 1.14. The van der Waals surface area contributed by atoms with Crippen LogP contribution in [0, 0.1) is 5.92 Å². The standard InChI is InChI=1S/C30H40N2O6/c1-7-31(8-2)16-17-32-27(22-12-15-24(37-9-3)25(18-22)36-6)26(29(34)30(32)35)28(33)21-10-13-23(14-11-21)38-19-20(4)5/h10-15,18,20,27,33H,7-9,16-17,19H2,1-6H3/b28-26+. The number of likely N-dealkylation sites (N-methyl/N-ethyl adjacent to an activating group) is 1. The number of likely N-dealkylation sites (tertiary alicyclic amines) is 1. The molecule has 1 N–H and O–H groups in total. The van der Waals surface area contributed by atoms with E-state index in [1.54, 1.807) is 48.4 Å². The summed E-state index contributed by atoms with van der Waals surface area (Å²) in [6.07, 6.45) is 0. The molecule has 1 aliphatic heterocycles. The maximum absolute atomic E-state index is 13.4. The highest BCUT2D eigenvalue weighted by Gasteiger charge is 2.46. The maximum Gasteiger partial charge on any atom is 0.295 e. The molecule has 1 aliphatic rings. The molecule has 1 unspecified atom stereocenters. The molecule has 2 aromatic carbocycles. The van der Waals surface area contributed by atoms with Gasteiger partial charge in [-0.1, -0.05) is 33.8 Å². The van der Waals surface area contributed by atoms with Crippen LogP contribution in [0.3, 0.4) is 0 Å². The first-order chi connectivity index (χ1) is 18.2. The van der Waals surface area contributed by atoms with Gasteiger partial charge in [-0.2, -0.15) is 0 Å². The second-order valence-electron chi connectivity index (χ2n) is 9.59. The fourth-order valence-electron chi connectivity index (χ4n) is 4.50. The van der Waals surface area contributed by atoms with Gasteiger partial charge in [0.1, 0.15) is 11.5 Å². The molecule has 0 aliphatic carbocycles. The zero-order valence-electron chi connectivity index (χ0n) is 23.3. The molecule has 8 nitrogen and oxygen atoms in total. The van der Waals surface area contributed by atoms with Crippen molar-refractivity contribution in [2.45, 2.75) is 40.7 Å². The Bertz CT molecular complexity index is 1140. The van der Waals surface area contributed by atoms with Gasteiger partial charge in [-0.05, 0) is 67.9 Å². The molecule has 3 rings (SSSR count). The predicted octanol–water partition coefficient (Wildman–Crippen LogP) is 4.89. The first-order valence-corrected chi connectivity index (χ1v) is 13.3. The molecule has 0 spiro atoms. The topological polar surface area (TPSA) is 88.5 Å². The van der Waals surface area contributed by atoms with E-state index < -0.39 is 17.7 Å². The van der Waals surface area contributed by atoms with Crippen molar-refractivity contribution < 1.29 is 28.9 Å². The third-order valence-electron chi connectivity index (χ3n) is 6.61. The van der Waals surface area contributed by atoms with Crippen LogP contribution in [-0.4, -0.2) is 73.1 Å². The van der Waals surface area contributed by atoms with Crippen LogP contribution in [0.15, 0.2) is 48.0 Å². The number of carbonyl (C=O) groups is 2. The van der Waals surface area contributed by atoms with Gasteiger partial charge in [0.05, 0.1) is 31.9 Å². The Morgan fingerprint density at radius 2 is 1.68 bits per heavy atom. The Balaban J connectivity index is 2.07. The molecule has 2 aromatic rings. The van der Waals surface area contributed by atoms with Crippen LogP contribution < -0.4 is 14.2 Å². The summed E-state index contributed by atoms with van der Waals surface area (Å²) in [5, 5.41) is 11.4. The first kappa shape index (κ1) is 29.0. The number of carbonyl (C=O) groups excluding carboxylic acids is 2.